The van der Waals surface area contributed by atoms with Gasteiger partial charge in [-0.15, -0.1) is 0 Å². The molecule has 0 saturated carbocycles. The van der Waals surface area contributed by atoms with Crippen molar-refractivity contribution in [3.8, 4) is 33.4 Å². The van der Waals surface area contributed by atoms with Gasteiger partial charge in [0.1, 0.15) is 11.2 Å². The Hall–Kier alpha value is -7.94. The van der Waals surface area contributed by atoms with Crippen molar-refractivity contribution >= 4 is 49.8 Å². The van der Waals surface area contributed by atoms with Crippen molar-refractivity contribution in [3.63, 3.8) is 0 Å². The van der Waals surface area contributed by atoms with Crippen LogP contribution in [0.25, 0.3) is 66.1 Å². The van der Waals surface area contributed by atoms with Gasteiger partial charge in [-0.1, -0.05) is 194 Å². The fourth-order valence-electron chi connectivity index (χ4n) is 10.0. The van der Waals surface area contributed by atoms with Gasteiger partial charge in [0.15, 0.2) is 0 Å². The zero-order valence-corrected chi connectivity index (χ0v) is 33.4. The van der Waals surface area contributed by atoms with Gasteiger partial charge in [0, 0.05) is 33.4 Å². The van der Waals surface area contributed by atoms with Crippen molar-refractivity contribution < 1.29 is 4.42 Å². The summed E-state index contributed by atoms with van der Waals surface area (Å²) in [6.07, 6.45) is 0. The lowest BCUT2D eigenvalue weighted by atomic mass is 9.68. The fourth-order valence-corrected chi connectivity index (χ4v) is 10.0. The van der Waals surface area contributed by atoms with E-state index in [1.807, 2.05) is 0 Å². The molecule has 2 heteroatoms. The molecular formula is C59H39NO. The number of hydrogen-bond donors (Lipinski definition) is 0. The summed E-state index contributed by atoms with van der Waals surface area (Å²) in [6.45, 7) is 0. The van der Waals surface area contributed by atoms with Crippen molar-refractivity contribution in [2.75, 3.05) is 4.90 Å². The molecule has 0 amide bonds. The van der Waals surface area contributed by atoms with E-state index < -0.39 is 5.41 Å². The third-order valence-electron chi connectivity index (χ3n) is 12.8. The molecule has 0 radical (unpaired) electrons. The van der Waals surface area contributed by atoms with Crippen LogP contribution in [0, 0.1) is 0 Å². The topological polar surface area (TPSA) is 16.4 Å². The molecule has 0 N–H and O–H groups in total. The average molecular weight is 778 g/mol. The number of hydrogen-bond acceptors (Lipinski definition) is 2. The van der Waals surface area contributed by atoms with Crippen molar-refractivity contribution in [2.24, 2.45) is 0 Å². The molecule has 0 fully saturated rings. The summed E-state index contributed by atoms with van der Waals surface area (Å²) in [7, 11) is 0. The highest BCUT2D eigenvalue weighted by molar-refractivity contribution is 6.20. The van der Waals surface area contributed by atoms with Crippen molar-refractivity contribution in [2.45, 2.75) is 5.41 Å². The van der Waals surface area contributed by atoms with Crippen LogP contribution < -0.4 is 4.90 Å². The van der Waals surface area contributed by atoms with Gasteiger partial charge in [-0.25, -0.2) is 0 Å². The molecule has 61 heavy (non-hydrogen) atoms. The molecule has 0 aliphatic heterocycles. The van der Waals surface area contributed by atoms with Crippen LogP contribution in [0.15, 0.2) is 241 Å². The predicted octanol–water partition coefficient (Wildman–Crippen LogP) is 15.9. The lowest BCUT2D eigenvalue weighted by Gasteiger charge is -2.34. The number of rotatable bonds is 7. The maximum absolute atomic E-state index is 6.64. The van der Waals surface area contributed by atoms with Gasteiger partial charge in [0.25, 0.3) is 0 Å². The minimum absolute atomic E-state index is 0.458. The molecule has 1 heterocycles. The second kappa shape index (κ2) is 14.1. The third-order valence-corrected chi connectivity index (χ3v) is 12.8. The van der Waals surface area contributed by atoms with E-state index in [1.54, 1.807) is 0 Å². The van der Waals surface area contributed by atoms with Crippen molar-refractivity contribution in [1.29, 1.82) is 0 Å². The maximum atomic E-state index is 6.64. The van der Waals surface area contributed by atoms with E-state index >= 15 is 0 Å². The van der Waals surface area contributed by atoms with Gasteiger partial charge in [-0.2, -0.15) is 0 Å². The molecule has 0 atom stereocenters. The Labute approximate surface area is 355 Å². The van der Waals surface area contributed by atoms with Crippen molar-refractivity contribution in [3.05, 3.63) is 259 Å². The van der Waals surface area contributed by atoms with Crippen LogP contribution in [0.1, 0.15) is 22.3 Å². The largest absolute Gasteiger partial charge is 0.455 e. The SMILES string of the molecule is c1ccc(-c2ccc(N(c3ccc(-c4cccc5c4oc4ccc6ccccc6c45)cc3)c3ccc(C4(c5ccccc5)c5ccccc5-c5ccccc54)cc3)cc2)cc1. The normalized spacial score (nSPS) is 12.7. The maximum Gasteiger partial charge on any atom is 0.143 e. The van der Waals surface area contributed by atoms with Crippen LogP contribution >= 0.6 is 0 Å². The first-order chi connectivity index (χ1) is 30.3. The highest BCUT2D eigenvalue weighted by Crippen LogP contribution is 2.56. The average Bonchev–Trinajstić information content (AvgIpc) is 3.88. The molecule has 11 aromatic rings. The van der Waals surface area contributed by atoms with E-state index in [-0.39, 0.29) is 0 Å². The van der Waals surface area contributed by atoms with Crippen molar-refractivity contribution in [1.82, 2.24) is 0 Å². The van der Waals surface area contributed by atoms with Gasteiger partial charge >= 0.3 is 0 Å². The van der Waals surface area contributed by atoms with Gasteiger partial charge in [-0.3, -0.25) is 0 Å². The summed E-state index contributed by atoms with van der Waals surface area (Å²) in [5.74, 6) is 0. The summed E-state index contributed by atoms with van der Waals surface area (Å²) >= 11 is 0. The Morgan fingerprint density at radius 1 is 0.328 bits per heavy atom. The summed E-state index contributed by atoms with van der Waals surface area (Å²) < 4.78 is 6.64. The fraction of sp³-hybridized carbons (Fsp3) is 0.0169. The highest BCUT2D eigenvalue weighted by Gasteiger charge is 2.45. The molecule has 0 unspecified atom stereocenters. The summed E-state index contributed by atoms with van der Waals surface area (Å²) in [4.78, 5) is 2.36. The molecule has 0 spiro atoms. The lowest BCUT2D eigenvalue weighted by Crippen LogP contribution is -2.28. The molecule has 1 aliphatic carbocycles. The molecule has 10 aromatic carbocycles. The van der Waals surface area contributed by atoms with E-state index in [9.17, 15) is 0 Å². The molecule has 286 valence electrons. The van der Waals surface area contributed by atoms with E-state index in [0.717, 1.165) is 44.7 Å². The molecule has 0 bridgehead atoms. The summed E-state index contributed by atoms with van der Waals surface area (Å²) in [5, 5.41) is 4.72. The number of nitrogens with zero attached hydrogens (tertiary/aromatic N) is 1. The van der Waals surface area contributed by atoms with Crippen LogP contribution in [0.4, 0.5) is 17.1 Å². The lowest BCUT2D eigenvalue weighted by molar-refractivity contribution is 0.670. The van der Waals surface area contributed by atoms with Gasteiger partial charge in [0.05, 0.1) is 5.41 Å². The third kappa shape index (κ3) is 5.50. The van der Waals surface area contributed by atoms with Crippen LogP contribution in [0.5, 0.6) is 0 Å². The smallest absolute Gasteiger partial charge is 0.143 e. The highest BCUT2D eigenvalue weighted by atomic mass is 16.3. The number of fused-ring (bicyclic) bond motifs is 8. The Kier molecular flexibility index (Phi) is 8.11. The van der Waals surface area contributed by atoms with E-state index in [1.165, 1.54) is 60.7 Å². The zero-order chi connectivity index (χ0) is 40.3. The van der Waals surface area contributed by atoms with E-state index in [4.69, 9.17) is 4.42 Å². The minimum atomic E-state index is -0.458. The number of benzene rings is 10. The predicted molar refractivity (Wildman–Crippen MR) is 254 cm³/mol. The molecule has 12 rings (SSSR count). The number of para-hydroxylation sites is 1. The van der Waals surface area contributed by atoms with E-state index in [2.05, 4.69) is 241 Å². The monoisotopic (exact) mass is 777 g/mol. The van der Waals surface area contributed by atoms with Gasteiger partial charge in [-0.05, 0) is 103 Å². The van der Waals surface area contributed by atoms with Crippen LogP contribution in [0.2, 0.25) is 0 Å². The first-order valence-corrected chi connectivity index (χ1v) is 21.0. The summed E-state index contributed by atoms with van der Waals surface area (Å²) in [6, 6.07) is 85.8. The summed E-state index contributed by atoms with van der Waals surface area (Å²) in [5.41, 5.74) is 16.9. The molecule has 1 aromatic heterocycles. The molecular weight excluding hydrogens is 739 g/mol. The molecule has 1 aliphatic rings. The molecule has 2 nitrogen and oxygen atoms in total. The van der Waals surface area contributed by atoms with Gasteiger partial charge in [0.2, 0.25) is 0 Å². The van der Waals surface area contributed by atoms with Gasteiger partial charge < -0.3 is 9.32 Å². The number of anilines is 3. The number of furan rings is 1. The van der Waals surface area contributed by atoms with Crippen LogP contribution in [-0.2, 0) is 5.41 Å². The Morgan fingerprint density at radius 3 is 1.49 bits per heavy atom. The Balaban J connectivity index is 0.987. The second-order valence-corrected chi connectivity index (χ2v) is 16.0. The minimum Gasteiger partial charge on any atom is -0.455 e. The quantitative estimate of drug-likeness (QED) is 0.160. The van der Waals surface area contributed by atoms with Crippen LogP contribution in [0.3, 0.4) is 0 Å². The second-order valence-electron chi connectivity index (χ2n) is 16.0. The van der Waals surface area contributed by atoms with E-state index in [0.29, 0.717) is 0 Å². The Morgan fingerprint density at radius 2 is 0.820 bits per heavy atom. The standard InChI is InChI=1S/C59H39NO/c1-3-14-40(15-4-1)41-26-33-46(34-27-41)60(47-35-28-43(29-36-47)50-22-13-23-53-57-49-19-8-7-16-42(49)30-39-56(57)61-58(50)53)48-37-31-45(32-38-48)59(44-17-5-2-6-18-44)54-24-11-9-20-51(54)52-21-10-12-25-55(52)59/h1-39H. The Bertz CT molecular complexity index is 3340. The zero-order valence-electron chi connectivity index (χ0n) is 33.4. The first kappa shape index (κ1) is 35.0. The first-order valence-electron chi connectivity index (χ1n) is 21.0. The van der Waals surface area contributed by atoms with Crippen LogP contribution in [-0.4, -0.2) is 0 Å². The molecule has 0 saturated heterocycles.